The van der Waals surface area contributed by atoms with Crippen molar-refractivity contribution < 1.29 is 23.5 Å². The molecule has 0 radical (unpaired) electrons. The second kappa shape index (κ2) is 7.47. The van der Waals surface area contributed by atoms with Crippen molar-refractivity contribution in [2.45, 2.75) is 32.0 Å². The zero-order chi connectivity index (χ0) is 23.3. The lowest BCUT2D eigenvalue weighted by Crippen LogP contribution is -2.52. The van der Waals surface area contributed by atoms with Gasteiger partial charge in [-0.3, -0.25) is 14.9 Å². The molecule has 0 bridgehead atoms. The zero-order valence-electron chi connectivity index (χ0n) is 18.3. The molecule has 11 nitrogen and oxygen atoms in total. The Morgan fingerprint density at radius 2 is 2.09 bits per heavy atom. The summed E-state index contributed by atoms with van der Waals surface area (Å²) >= 11 is 0. The first-order valence-corrected chi connectivity index (χ1v) is 10.4. The molecule has 2 aliphatic rings. The number of rotatable bonds is 6. The van der Waals surface area contributed by atoms with Crippen molar-refractivity contribution in [1.82, 2.24) is 25.5 Å². The van der Waals surface area contributed by atoms with Crippen LogP contribution in [0.15, 0.2) is 34.9 Å². The van der Waals surface area contributed by atoms with E-state index in [0.717, 1.165) is 5.56 Å². The van der Waals surface area contributed by atoms with Crippen LogP contribution in [0.4, 0.5) is 10.7 Å². The highest BCUT2D eigenvalue weighted by atomic mass is 16.5. The Morgan fingerprint density at radius 3 is 2.79 bits per heavy atom. The molecule has 4 amide bonds. The van der Waals surface area contributed by atoms with Crippen LogP contribution in [0.1, 0.15) is 35.5 Å². The van der Waals surface area contributed by atoms with Crippen molar-refractivity contribution in [2.24, 2.45) is 0 Å². The van der Waals surface area contributed by atoms with Crippen LogP contribution in [-0.4, -0.2) is 52.4 Å². The maximum absolute atomic E-state index is 13.1. The Hall–Kier alpha value is -4.15. The number of benzene rings is 1. The number of methoxy groups -OCH3 is 1. The predicted molar refractivity (Wildman–Crippen MR) is 117 cm³/mol. The molecule has 170 valence electrons. The number of carbonyl (C=O) groups is 3. The second-order valence-corrected chi connectivity index (χ2v) is 8.36. The van der Waals surface area contributed by atoms with E-state index in [2.05, 4.69) is 25.9 Å². The lowest BCUT2D eigenvalue weighted by atomic mass is 9.95. The standard InChI is InChI=1S/C22H22N6O5/c1-11(2)24-20-23-8-13-6-16(33-17(13)25-20)22(19(30)26-21(31)27-22)10-28-9-12-4-5-14(32-3)7-15(12)18(28)29/h4-8,11H,9-10H2,1-3H3,(H,23,24,25)(H2,26,27,30,31)/t22-/m0/s1. The average molecular weight is 450 g/mol. The van der Waals surface area contributed by atoms with Crippen LogP contribution < -0.4 is 20.7 Å². The number of nitrogens with zero attached hydrogens (tertiary/aromatic N) is 3. The molecule has 1 fully saturated rings. The van der Waals surface area contributed by atoms with E-state index in [9.17, 15) is 14.4 Å². The summed E-state index contributed by atoms with van der Waals surface area (Å²) in [6.07, 6.45) is 1.57. The highest BCUT2D eigenvalue weighted by molar-refractivity contribution is 6.08. The quantitative estimate of drug-likeness (QED) is 0.483. The summed E-state index contributed by atoms with van der Waals surface area (Å²) in [5.41, 5.74) is -0.0440. The van der Waals surface area contributed by atoms with Gasteiger partial charge in [-0.1, -0.05) is 6.07 Å². The third kappa shape index (κ3) is 3.41. The SMILES string of the molecule is COc1ccc2c(c1)C(=O)N(C[C@@]1(c3cc4cnc(NC(C)C)nc4o3)NC(=O)NC1=O)C2. The highest BCUT2D eigenvalue weighted by Crippen LogP contribution is 2.34. The molecule has 2 aromatic heterocycles. The minimum absolute atomic E-state index is 0.115. The van der Waals surface area contributed by atoms with Gasteiger partial charge in [-0.05, 0) is 37.6 Å². The molecule has 3 N–H and O–H groups in total. The summed E-state index contributed by atoms with van der Waals surface area (Å²) < 4.78 is 11.1. The van der Waals surface area contributed by atoms with Crippen LogP contribution in [0.3, 0.4) is 0 Å². The molecule has 4 heterocycles. The first kappa shape index (κ1) is 20.7. The van der Waals surface area contributed by atoms with Crippen molar-refractivity contribution in [3.8, 4) is 5.75 Å². The number of imide groups is 1. The van der Waals surface area contributed by atoms with Crippen molar-refractivity contribution in [3.63, 3.8) is 0 Å². The van der Waals surface area contributed by atoms with E-state index in [0.29, 0.717) is 22.6 Å². The number of anilines is 1. The number of aromatic nitrogens is 2. The second-order valence-electron chi connectivity index (χ2n) is 8.36. The van der Waals surface area contributed by atoms with E-state index in [1.165, 1.54) is 12.0 Å². The largest absolute Gasteiger partial charge is 0.497 e. The fraction of sp³-hybridized carbons (Fsp3) is 0.318. The van der Waals surface area contributed by atoms with Crippen LogP contribution in [-0.2, 0) is 16.9 Å². The molecule has 0 unspecified atom stereocenters. The van der Waals surface area contributed by atoms with Gasteiger partial charge in [-0.25, -0.2) is 9.78 Å². The molecule has 11 heteroatoms. The Bertz CT molecular complexity index is 1300. The third-order valence-electron chi connectivity index (χ3n) is 5.68. The molecule has 0 spiro atoms. The van der Waals surface area contributed by atoms with Gasteiger partial charge in [0, 0.05) is 24.3 Å². The van der Waals surface area contributed by atoms with Gasteiger partial charge in [-0.2, -0.15) is 4.98 Å². The summed E-state index contributed by atoms with van der Waals surface area (Å²) in [5.74, 6) is 0.231. The average Bonchev–Trinajstić information content (AvgIpc) is 3.41. The Labute approximate surface area is 188 Å². The number of hydrogen-bond donors (Lipinski definition) is 3. The number of amides is 4. The first-order valence-electron chi connectivity index (χ1n) is 10.4. The number of fused-ring (bicyclic) bond motifs is 2. The fourth-order valence-electron chi connectivity index (χ4n) is 4.10. The maximum Gasteiger partial charge on any atom is 0.322 e. The molecule has 1 aromatic carbocycles. The topological polar surface area (TPSA) is 139 Å². The van der Waals surface area contributed by atoms with Crippen LogP contribution in [0.5, 0.6) is 5.75 Å². The number of nitrogens with one attached hydrogen (secondary N) is 3. The van der Waals surface area contributed by atoms with E-state index in [-0.39, 0.29) is 36.5 Å². The Kier molecular flexibility index (Phi) is 4.69. The van der Waals surface area contributed by atoms with Gasteiger partial charge >= 0.3 is 6.03 Å². The van der Waals surface area contributed by atoms with E-state index in [4.69, 9.17) is 9.15 Å². The van der Waals surface area contributed by atoms with E-state index in [1.54, 1.807) is 24.4 Å². The van der Waals surface area contributed by atoms with Crippen molar-refractivity contribution in [1.29, 1.82) is 0 Å². The molecular weight excluding hydrogens is 428 g/mol. The minimum Gasteiger partial charge on any atom is -0.497 e. The van der Waals surface area contributed by atoms with Crippen LogP contribution in [0.25, 0.3) is 11.1 Å². The van der Waals surface area contributed by atoms with Crippen molar-refractivity contribution in [3.05, 3.63) is 47.3 Å². The monoisotopic (exact) mass is 450 g/mol. The molecule has 0 aliphatic carbocycles. The fourth-order valence-corrected chi connectivity index (χ4v) is 4.10. The number of ether oxygens (including phenoxy) is 1. The van der Waals surface area contributed by atoms with Crippen molar-refractivity contribution >= 4 is 34.9 Å². The molecule has 33 heavy (non-hydrogen) atoms. The third-order valence-corrected chi connectivity index (χ3v) is 5.68. The molecule has 5 rings (SSSR count). The minimum atomic E-state index is -1.61. The van der Waals surface area contributed by atoms with Gasteiger partial charge < -0.3 is 24.7 Å². The van der Waals surface area contributed by atoms with Gasteiger partial charge in [0.1, 0.15) is 11.5 Å². The number of furan rings is 1. The van der Waals surface area contributed by atoms with E-state index >= 15 is 0 Å². The smallest absolute Gasteiger partial charge is 0.322 e. The summed E-state index contributed by atoms with van der Waals surface area (Å²) in [4.78, 5) is 48.4. The summed E-state index contributed by atoms with van der Waals surface area (Å²) in [7, 11) is 1.53. The van der Waals surface area contributed by atoms with Crippen LogP contribution >= 0.6 is 0 Å². The zero-order valence-corrected chi connectivity index (χ0v) is 18.3. The number of hydrogen-bond acceptors (Lipinski definition) is 8. The van der Waals surface area contributed by atoms with Crippen LogP contribution in [0.2, 0.25) is 0 Å². The van der Waals surface area contributed by atoms with Crippen molar-refractivity contribution in [2.75, 3.05) is 19.0 Å². The Balaban J connectivity index is 1.52. The first-order chi connectivity index (χ1) is 15.8. The molecule has 1 atom stereocenters. The number of urea groups is 1. The van der Waals surface area contributed by atoms with Gasteiger partial charge in [0.15, 0.2) is 5.54 Å². The molecule has 1 saturated heterocycles. The highest BCUT2D eigenvalue weighted by Gasteiger charge is 2.53. The lowest BCUT2D eigenvalue weighted by Gasteiger charge is -2.28. The molecular formula is C22H22N6O5. The summed E-state index contributed by atoms with van der Waals surface area (Å²) in [6, 6.07) is 6.31. The Morgan fingerprint density at radius 1 is 1.27 bits per heavy atom. The predicted octanol–water partition coefficient (Wildman–Crippen LogP) is 1.74. The molecule has 2 aliphatic heterocycles. The maximum atomic E-state index is 13.1. The number of carbonyl (C=O) groups excluding carboxylic acids is 3. The summed E-state index contributed by atoms with van der Waals surface area (Å²) in [5, 5.41) is 8.58. The van der Waals surface area contributed by atoms with E-state index in [1.807, 2.05) is 19.9 Å². The van der Waals surface area contributed by atoms with E-state index < -0.39 is 17.5 Å². The lowest BCUT2D eigenvalue weighted by molar-refractivity contribution is -0.125. The molecule has 0 saturated carbocycles. The van der Waals surface area contributed by atoms with Gasteiger partial charge in [0.05, 0.1) is 19.0 Å². The van der Waals surface area contributed by atoms with Gasteiger partial charge in [0.25, 0.3) is 11.8 Å². The normalized spacial score (nSPS) is 19.8. The van der Waals surface area contributed by atoms with Crippen LogP contribution in [0, 0.1) is 0 Å². The summed E-state index contributed by atoms with van der Waals surface area (Å²) in [6.45, 7) is 4.07. The van der Waals surface area contributed by atoms with Gasteiger partial charge in [0.2, 0.25) is 11.7 Å². The van der Waals surface area contributed by atoms with Gasteiger partial charge in [-0.15, -0.1) is 0 Å². The molecule has 3 aromatic rings.